The van der Waals surface area contributed by atoms with Crippen LogP contribution in [0, 0.1) is 12.3 Å². The number of hydrogen-bond donors (Lipinski definition) is 0. The van der Waals surface area contributed by atoms with Crippen LogP contribution in [0.2, 0.25) is 0 Å². The maximum Gasteiger partial charge on any atom is 0.0678 e. The van der Waals surface area contributed by atoms with Crippen LogP contribution in [0.15, 0.2) is 12.1 Å². The van der Waals surface area contributed by atoms with Crippen LogP contribution in [-0.2, 0) is 16.0 Å². The smallest absolute Gasteiger partial charge is 0.0678 e. The Labute approximate surface area is 119 Å². The highest BCUT2D eigenvalue weighted by Gasteiger charge is 2.47. The summed E-state index contributed by atoms with van der Waals surface area (Å²) in [5.74, 6) is 0. The largest absolute Gasteiger partial charge is 0.384 e. The Hall–Kier alpha value is -0.420. The van der Waals surface area contributed by atoms with Gasteiger partial charge in [0.1, 0.15) is 0 Å². The molecule has 0 aliphatic carbocycles. The Morgan fingerprint density at radius 1 is 1.53 bits per heavy atom. The van der Waals surface area contributed by atoms with Crippen molar-refractivity contribution in [1.29, 1.82) is 0 Å². The summed E-state index contributed by atoms with van der Waals surface area (Å²) in [5.41, 5.74) is 0.235. The number of thiophene rings is 1. The fraction of sp³-hybridized carbons (Fsp3) is 0.733. The molecule has 2 atom stereocenters. The van der Waals surface area contributed by atoms with Crippen molar-refractivity contribution < 1.29 is 9.47 Å². The lowest BCUT2D eigenvalue weighted by Gasteiger charge is -2.43. The number of aryl methyl sites for hydroxylation is 1. The summed E-state index contributed by atoms with van der Waals surface area (Å²) < 4.78 is 11.4. The normalized spacial score (nSPS) is 31.6. The van der Waals surface area contributed by atoms with Gasteiger partial charge in [-0.2, -0.15) is 0 Å². The second-order valence-corrected chi connectivity index (χ2v) is 7.29. The first kappa shape index (κ1) is 13.6. The first-order valence-electron chi connectivity index (χ1n) is 7.10. The standard InChI is InChI=1S/C15H23NO2S/c1-12-3-4-13(19-12)9-16-7-5-14-15(10-16,11-17-2)6-8-18-14/h3-4,14H,5-11H2,1-2H3/t14-,15+/m0/s1. The molecule has 0 bridgehead atoms. The Bertz CT molecular complexity index is 434. The number of likely N-dealkylation sites (tertiary alicyclic amines) is 1. The van der Waals surface area contributed by atoms with Gasteiger partial charge < -0.3 is 9.47 Å². The number of rotatable bonds is 4. The summed E-state index contributed by atoms with van der Waals surface area (Å²) in [7, 11) is 1.81. The van der Waals surface area contributed by atoms with Crippen molar-refractivity contribution >= 4 is 11.3 Å². The molecule has 3 heterocycles. The third kappa shape index (κ3) is 2.72. The van der Waals surface area contributed by atoms with Gasteiger partial charge in [-0.3, -0.25) is 4.90 Å². The molecule has 0 aromatic carbocycles. The molecular formula is C15H23NO2S. The van der Waals surface area contributed by atoms with E-state index in [9.17, 15) is 0 Å². The Kier molecular flexibility index (Phi) is 3.94. The maximum absolute atomic E-state index is 5.91. The molecule has 3 nitrogen and oxygen atoms in total. The first-order valence-corrected chi connectivity index (χ1v) is 7.92. The second-order valence-electron chi connectivity index (χ2n) is 5.92. The minimum atomic E-state index is 0.235. The van der Waals surface area contributed by atoms with Gasteiger partial charge in [0.2, 0.25) is 0 Å². The third-order valence-corrected chi connectivity index (χ3v) is 5.44. The molecule has 2 aliphatic rings. The Morgan fingerprint density at radius 2 is 2.42 bits per heavy atom. The minimum absolute atomic E-state index is 0.235. The van der Waals surface area contributed by atoms with Crippen molar-refractivity contribution in [3.05, 3.63) is 21.9 Å². The van der Waals surface area contributed by atoms with Crippen molar-refractivity contribution in [1.82, 2.24) is 4.90 Å². The number of nitrogens with zero attached hydrogens (tertiary/aromatic N) is 1. The fourth-order valence-electron chi connectivity index (χ4n) is 3.56. The zero-order valence-electron chi connectivity index (χ0n) is 11.9. The monoisotopic (exact) mass is 281 g/mol. The summed E-state index contributed by atoms with van der Waals surface area (Å²) in [4.78, 5) is 5.46. The molecule has 0 amide bonds. The predicted molar refractivity (Wildman–Crippen MR) is 77.6 cm³/mol. The van der Waals surface area contributed by atoms with Crippen LogP contribution in [0.5, 0.6) is 0 Å². The van der Waals surface area contributed by atoms with E-state index >= 15 is 0 Å². The lowest BCUT2D eigenvalue weighted by molar-refractivity contribution is -0.0555. The van der Waals surface area contributed by atoms with Gasteiger partial charge in [0, 0.05) is 48.5 Å². The second kappa shape index (κ2) is 5.52. The van der Waals surface area contributed by atoms with Crippen LogP contribution >= 0.6 is 11.3 Å². The molecule has 1 aromatic rings. The van der Waals surface area contributed by atoms with E-state index in [1.807, 2.05) is 18.4 Å². The maximum atomic E-state index is 5.91. The van der Waals surface area contributed by atoms with Crippen LogP contribution in [0.1, 0.15) is 22.6 Å². The van der Waals surface area contributed by atoms with Gasteiger partial charge in [-0.25, -0.2) is 0 Å². The highest BCUT2D eigenvalue weighted by atomic mass is 32.1. The number of piperidine rings is 1. The summed E-state index contributed by atoms with van der Waals surface area (Å²) in [5, 5.41) is 0. The van der Waals surface area contributed by atoms with E-state index in [2.05, 4.69) is 24.0 Å². The van der Waals surface area contributed by atoms with Crippen molar-refractivity contribution in [2.24, 2.45) is 5.41 Å². The first-order chi connectivity index (χ1) is 9.22. The van der Waals surface area contributed by atoms with Crippen LogP contribution in [0.4, 0.5) is 0 Å². The van der Waals surface area contributed by atoms with Gasteiger partial charge in [-0.05, 0) is 31.9 Å². The molecular weight excluding hydrogens is 258 g/mol. The van der Waals surface area contributed by atoms with E-state index in [-0.39, 0.29) is 5.41 Å². The van der Waals surface area contributed by atoms with Crippen LogP contribution in [0.25, 0.3) is 0 Å². The topological polar surface area (TPSA) is 21.7 Å². The number of methoxy groups -OCH3 is 1. The van der Waals surface area contributed by atoms with E-state index in [1.54, 1.807) is 0 Å². The predicted octanol–water partition coefficient (Wildman–Crippen LogP) is 2.68. The molecule has 2 fully saturated rings. The molecule has 2 aliphatic heterocycles. The van der Waals surface area contributed by atoms with E-state index in [0.717, 1.165) is 45.7 Å². The Morgan fingerprint density at radius 3 is 3.16 bits per heavy atom. The van der Waals surface area contributed by atoms with E-state index in [0.29, 0.717) is 6.10 Å². The summed E-state index contributed by atoms with van der Waals surface area (Å²) >= 11 is 1.91. The number of fused-ring (bicyclic) bond motifs is 1. The van der Waals surface area contributed by atoms with E-state index in [4.69, 9.17) is 9.47 Å². The average Bonchev–Trinajstić information content (AvgIpc) is 2.96. The molecule has 0 saturated carbocycles. The minimum Gasteiger partial charge on any atom is -0.384 e. The van der Waals surface area contributed by atoms with E-state index in [1.165, 1.54) is 9.75 Å². The van der Waals surface area contributed by atoms with Gasteiger partial charge >= 0.3 is 0 Å². The summed E-state index contributed by atoms with van der Waals surface area (Å²) in [6.07, 6.45) is 2.70. The molecule has 0 unspecified atom stereocenters. The molecule has 19 heavy (non-hydrogen) atoms. The summed E-state index contributed by atoms with van der Waals surface area (Å²) in [6, 6.07) is 4.48. The van der Waals surface area contributed by atoms with Crippen molar-refractivity contribution in [3.63, 3.8) is 0 Å². The average molecular weight is 281 g/mol. The molecule has 4 heteroatoms. The zero-order valence-corrected chi connectivity index (χ0v) is 12.7. The van der Waals surface area contributed by atoms with Crippen LogP contribution in [0.3, 0.4) is 0 Å². The van der Waals surface area contributed by atoms with Gasteiger partial charge in [-0.1, -0.05) is 0 Å². The third-order valence-electron chi connectivity index (χ3n) is 4.46. The highest BCUT2D eigenvalue weighted by Crippen LogP contribution is 2.41. The number of hydrogen-bond acceptors (Lipinski definition) is 4. The highest BCUT2D eigenvalue weighted by molar-refractivity contribution is 7.11. The molecule has 0 N–H and O–H groups in total. The van der Waals surface area contributed by atoms with Gasteiger partial charge in [-0.15, -0.1) is 11.3 Å². The SMILES string of the molecule is COC[C@]12CCO[C@H]1CCN(Cc1ccc(C)s1)C2. The number of ether oxygens (including phenoxy) is 2. The lowest BCUT2D eigenvalue weighted by atomic mass is 9.77. The summed E-state index contributed by atoms with van der Waals surface area (Å²) in [6.45, 7) is 7.25. The van der Waals surface area contributed by atoms with E-state index < -0.39 is 0 Å². The van der Waals surface area contributed by atoms with Gasteiger partial charge in [0.05, 0.1) is 12.7 Å². The lowest BCUT2D eigenvalue weighted by Crippen LogP contribution is -2.51. The van der Waals surface area contributed by atoms with Gasteiger partial charge in [0.25, 0.3) is 0 Å². The zero-order chi connectivity index (χ0) is 13.3. The van der Waals surface area contributed by atoms with Crippen molar-refractivity contribution in [3.8, 4) is 0 Å². The molecule has 2 saturated heterocycles. The molecule has 1 aromatic heterocycles. The molecule has 106 valence electrons. The molecule has 0 spiro atoms. The Balaban J connectivity index is 1.68. The van der Waals surface area contributed by atoms with Crippen LogP contribution < -0.4 is 0 Å². The van der Waals surface area contributed by atoms with Crippen molar-refractivity contribution in [2.75, 3.05) is 33.4 Å². The molecule has 3 rings (SSSR count). The molecule has 0 radical (unpaired) electrons. The quantitative estimate of drug-likeness (QED) is 0.847. The fourth-order valence-corrected chi connectivity index (χ4v) is 4.49. The van der Waals surface area contributed by atoms with Gasteiger partial charge in [0.15, 0.2) is 0 Å². The van der Waals surface area contributed by atoms with Crippen molar-refractivity contribution in [2.45, 2.75) is 32.4 Å². The van der Waals surface area contributed by atoms with Crippen LogP contribution in [-0.4, -0.2) is 44.4 Å².